The molecule has 0 spiro atoms. The van der Waals surface area contributed by atoms with Gasteiger partial charge in [-0.1, -0.05) is 108 Å². The van der Waals surface area contributed by atoms with Gasteiger partial charge in [-0.2, -0.15) is 0 Å². The third kappa shape index (κ3) is 3.99. The summed E-state index contributed by atoms with van der Waals surface area (Å²) in [6.45, 7) is 3.67. The average Bonchev–Trinajstić information content (AvgIpc) is 3.08. The Morgan fingerprint density at radius 1 is 0.804 bits per heavy atom. The van der Waals surface area contributed by atoms with Crippen LogP contribution in [-0.4, -0.2) is 30.6 Å². The molecule has 0 amide bonds. The molecule has 4 aromatic rings. The van der Waals surface area contributed by atoms with Gasteiger partial charge < -0.3 is 25.7 Å². The molecule has 2 unspecified atom stereocenters. The Morgan fingerprint density at radius 3 is 2.33 bits per heavy atom. The second-order valence-corrected chi connectivity index (χ2v) is 12.8. The van der Waals surface area contributed by atoms with Gasteiger partial charge in [0.2, 0.25) is 5.78 Å². The van der Waals surface area contributed by atoms with Crippen molar-refractivity contribution in [3.63, 3.8) is 0 Å². The van der Waals surface area contributed by atoms with Gasteiger partial charge in [-0.25, -0.2) is 0 Å². The number of anilines is 2. The number of rotatable bonds is 3. The van der Waals surface area contributed by atoms with Crippen molar-refractivity contribution in [2.24, 2.45) is 16.7 Å². The zero-order valence-corrected chi connectivity index (χ0v) is 25.5. The Morgan fingerprint density at radius 2 is 1.57 bits per heavy atom. The molecular weight excluding hydrogens is 566 g/mol. The first-order chi connectivity index (χ1) is 22.4. The summed E-state index contributed by atoms with van der Waals surface area (Å²) in [4.78, 5) is 19.4. The summed E-state index contributed by atoms with van der Waals surface area (Å²) < 4.78 is 0. The van der Waals surface area contributed by atoms with E-state index in [-0.39, 0.29) is 37.3 Å². The molecule has 0 saturated carbocycles. The predicted molar refractivity (Wildman–Crippen MR) is 190 cm³/mol. The lowest BCUT2D eigenvalue weighted by molar-refractivity contribution is -0.111. The number of benzene rings is 4. The van der Waals surface area contributed by atoms with Crippen LogP contribution in [0.1, 0.15) is 16.7 Å². The van der Waals surface area contributed by atoms with Crippen molar-refractivity contribution in [3.8, 4) is 0 Å². The highest BCUT2D eigenvalue weighted by atomic mass is 16.3. The summed E-state index contributed by atoms with van der Waals surface area (Å²) in [7, 11) is 0. The number of allylic oxidation sites excluding steroid dienone is 9. The lowest BCUT2D eigenvalue weighted by atomic mass is 9.61. The Kier molecular flexibility index (Phi) is 5.85. The number of ketones is 1. The molecule has 0 fully saturated rings. The molecule has 2 atom stereocenters. The van der Waals surface area contributed by atoms with Crippen molar-refractivity contribution >= 4 is 64.1 Å². The van der Waals surface area contributed by atoms with Crippen molar-refractivity contribution in [2.75, 3.05) is 10.5 Å². The fourth-order valence-corrected chi connectivity index (χ4v) is 7.43. The molecule has 2 heterocycles. The number of carbonyl (C=O) groups excluding carboxylic acids is 1. The van der Waals surface area contributed by atoms with Crippen LogP contribution < -0.4 is 26.6 Å². The topological polar surface area (TPSA) is 85.8 Å². The molecule has 4 aromatic carbocycles. The van der Waals surface area contributed by atoms with E-state index in [9.17, 15) is 9.90 Å². The van der Waals surface area contributed by atoms with Crippen molar-refractivity contribution in [1.29, 1.82) is 0 Å². The van der Waals surface area contributed by atoms with Gasteiger partial charge in [0.1, 0.15) is 5.76 Å². The number of aliphatic hydroxyl groups excluding tert-OH is 1. The minimum absolute atomic E-state index is 0.0217. The van der Waals surface area contributed by atoms with Crippen LogP contribution in [0.3, 0.4) is 0 Å². The lowest BCUT2D eigenvalue weighted by Gasteiger charge is -2.39. The van der Waals surface area contributed by atoms with Gasteiger partial charge in [-0.3, -0.25) is 4.79 Å². The van der Waals surface area contributed by atoms with Crippen LogP contribution in [0, 0.1) is 25.7 Å². The Hall–Kier alpha value is -5.49. The number of aryl methyl sites for hydroxylation is 2. The largest absolute Gasteiger partial charge is 0.506 e. The second-order valence-electron chi connectivity index (χ2n) is 12.8. The number of carbonyl (C=O) groups is 1. The summed E-state index contributed by atoms with van der Waals surface area (Å²) in [5.41, 5.74) is 10.3. The van der Waals surface area contributed by atoms with Gasteiger partial charge in [-0.05, 0) is 42.3 Å². The van der Waals surface area contributed by atoms with Crippen molar-refractivity contribution in [2.45, 2.75) is 13.8 Å². The zero-order valence-electron chi connectivity index (χ0n) is 25.5. The first kappa shape index (κ1) is 26.9. The quantitative estimate of drug-likeness (QED) is 0.185. The molecule has 220 valence electrons. The van der Waals surface area contributed by atoms with Gasteiger partial charge in [0.15, 0.2) is 0 Å². The predicted octanol–water partition coefficient (Wildman–Crippen LogP) is 5.53. The number of Topliss-reactive ketones (excluding diaryl/α,β-unsaturated/α-hetero) is 1. The van der Waals surface area contributed by atoms with Gasteiger partial charge in [-0.15, -0.1) is 0 Å². The summed E-state index contributed by atoms with van der Waals surface area (Å²) in [5, 5.41) is 24.8. The van der Waals surface area contributed by atoms with E-state index < -0.39 is 0 Å². The minimum atomic E-state index is -0.285. The highest BCUT2D eigenvalue weighted by Crippen LogP contribution is 2.47. The number of hydrogen-bond acceptors (Lipinski definition) is 6. The van der Waals surface area contributed by atoms with E-state index in [0.29, 0.717) is 22.3 Å². The van der Waals surface area contributed by atoms with Crippen LogP contribution in [-0.2, 0) is 4.79 Å². The zero-order chi connectivity index (χ0) is 31.1. The molecular formula is C38H30B2N4O2. The molecule has 2 aliphatic heterocycles. The molecule has 8 heteroatoms. The third-order valence-corrected chi connectivity index (χ3v) is 9.86. The molecule has 3 aliphatic carbocycles. The highest BCUT2D eigenvalue weighted by Gasteiger charge is 2.45. The molecule has 0 saturated heterocycles. The van der Waals surface area contributed by atoms with Crippen LogP contribution >= 0.6 is 0 Å². The first-order valence-corrected chi connectivity index (χ1v) is 15.8. The highest BCUT2D eigenvalue weighted by molar-refractivity contribution is 6.80. The van der Waals surface area contributed by atoms with Crippen molar-refractivity contribution in [3.05, 3.63) is 149 Å². The van der Waals surface area contributed by atoms with Crippen molar-refractivity contribution < 1.29 is 9.90 Å². The fraction of sp³-hybridized carbons (Fsp3) is 0.105. The third-order valence-electron chi connectivity index (χ3n) is 9.86. The molecule has 46 heavy (non-hydrogen) atoms. The molecule has 5 aliphatic rings. The summed E-state index contributed by atoms with van der Waals surface area (Å²) in [6.07, 6.45) is 10.4. The van der Waals surface area contributed by atoms with Crippen LogP contribution in [0.15, 0.2) is 137 Å². The first-order valence-electron chi connectivity index (χ1n) is 15.8. The number of nitrogens with zero attached hydrogens (tertiary/aromatic N) is 1. The van der Waals surface area contributed by atoms with Crippen molar-refractivity contribution in [1.82, 2.24) is 5.23 Å². The van der Waals surface area contributed by atoms with E-state index in [1.807, 2.05) is 24.3 Å². The Bertz CT molecular complexity index is 2190. The van der Waals surface area contributed by atoms with Crippen LogP contribution in [0.25, 0.3) is 16.3 Å². The number of nitrogens with one attached hydrogen (secondary N) is 3. The van der Waals surface area contributed by atoms with Crippen LogP contribution in [0.4, 0.5) is 11.4 Å². The standard InChI is InChI=1S/C38H30B2N4O2/c1-21-9-15-25(16-10-21)39-41-29-7-3-5-23-13-19-27(35(43-39)31(23)29)33-37(45)34(38(33)46)28-20-14-24-6-4-8-30-32(24)36(28)44-40(42-30)26-17-11-22(2)12-18-26/h3-20,23,31,41-42,44-45H,1-2H3. The van der Waals surface area contributed by atoms with Crippen LogP contribution in [0.5, 0.6) is 0 Å². The Labute approximate surface area is 268 Å². The fourth-order valence-electron chi connectivity index (χ4n) is 7.43. The van der Waals surface area contributed by atoms with Gasteiger partial charge in [0.05, 0.1) is 11.1 Å². The smallest absolute Gasteiger partial charge is 0.427 e. The van der Waals surface area contributed by atoms with Gasteiger partial charge in [0.25, 0.3) is 0 Å². The Balaban J connectivity index is 1.17. The maximum atomic E-state index is 14.2. The minimum Gasteiger partial charge on any atom is -0.506 e. The monoisotopic (exact) mass is 596 g/mol. The van der Waals surface area contributed by atoms with E-state index in [0.717, 1.165) is 44.5 Å². The van der Waals surface area contributed by atoms with E-state index >= 15 is 0 Å². The van der Waals surface area contributed by atoms with Gasteiger partial charge in [0, 0.05) is 51.1 Å². The van der Waals surface area contributed by atoms with E-state index in [4.69, 9.17) is 4.90 Å². The summed E-state index contributed by atoms with van der Waals surface area (Å²) in [5.74, 6) is -0.0420. The van der Waals surface area contributed by atoms with Gasteiger partial charge >= 0.3 is 14.0 Å². The number of aliphatic hydroxyl groups is 1. The van der Waals surface area contributed by atoms with E-state index in [1.54, 1.807) is 0 Å². The normalized spacial score (nSPS) is 22.4. The number of hydrogen-bond donors (Lipinski definition) is 4. The average molecular weight is 596 g/mol. The second kappa shape index (κ2) is 10.0. The molecule has 4 N–H and O–H groups in total. The molecule has 0 aromatic heterocycles. The molecule has 0 radical (unpaired) electrons. The molecule has 9 rings (SSSR count). The lowest BCUT2D eigenvalue weighted by Crippen LogP contribution is -2.52. The SMILES string of the molecule is Cc1ccc(B2N=C3C(=C4C(=O)C(c5ccc6cccc7c6c5NB(c5ccc(C)cc5)N7)=C4O)C=CC4C=CC=C(N2)C34)cc1. The van der Waals surface area contributed by atoms with E-state index in [2.05, 4.69) is 114 Å². The summed E-state index contributed by atoms with van der Waals surface area (Å²) in [6, 6.07) is 26.9. The molecule has 0 bridgehead atoms. The molecule has 6 nitrogen and oxygen atoms in total. The summed E-state index contributed by atoms with van der Waals surface area (Å²) >= 11 is 0. The van der Waals surface area contributed by atoms with Crippen LogP contribution in [0.2, 0.25) is 0 Å². The maximum absolute atomic E-state index is 14.2. The van der Waals surface area contributed by atoms with E-state index in [1.165, 1.54) is 11.1 Å². The maximum Gasteiger partial charge on any atom is 0.427 e.